The van der Waals surface area contributed by atoms with Gasteiger partial charge in [-0.3, -0.25) is 4.40 Å². The van der Waals surface area contributed by atoms with Crippen molar-refractivity contribution in [1.29, 1.82) is 0 Å². The van der Waals surface area contributed by atoms with Crippen LogP contribution in [0, 0.1) is 0 Å². The molecule has 0 saturated heterocycles. The largest absolute Gasteiger partial charge is 0.350 e. The summed E-state index contributed by atoms with van der Waals surface area (Å²) in [5.41, 5.74) is 1.02. The van der Waals surface area contributed by atoms with Crippen LogP contribution in [0.2, 0.25) is 5.15 Å². The number of aromatic nitrogens is 5. The average Bonchev–Trinajstić information content (AvgIpc) is 2.70. The van der Waals surface area contributed by atoms with Crippen LogP contribution in [0.3, 0.4) is 0 Å². The van der Waals surface area contributed by atoms with Gasteiger partial charge in [-0.25, -0.2) is 9.48 Å². The Hall–Kier alpha value is -2.21. The third-order valence-corrected chi connectivity index (χ3v) is 2.69. The molecule has 3 aromatic heterocycles. The van der Waals surface area contributed by atoms with Gasteiger partial charge in [-0.2, -0.15) is 5.10 Å². The van der Waals surface area contributed by atoms with Gasteiger partial charge in [0.05, 0.1) is 12.2 Å². The molecule has 0 aromatic carbocycles. The number of hydrogen-bond acceptors (Lipinski definition) is 4. The van der Waals surface area contributed by atoms with Gasteiger partial charge in [-0.1, -0.05) is 17.7 Å². The summed E-state index contributed by atoms with van der Waals surface area (Å²) in [6, 6.07) is 8.72. The molecule has 0 spiro atoms. The number of rotatable bonds is 2. The zero-order valence-electron chi connectivity index (χ0n) is 9.19. The van der Waals surface area contributed by atoms with Crippen molar-refractivity contribution in [3.63, 3.8) is 0 Å². The van der Waals surface area contributed by atoms with Crippen molar-refractivity contribution in [3.8, 4) is 0 Å². The highest BCUT2D eigenvalue weighted by Gasteiger charge is 2.07. The first kappa shape index (κ1) is 10.9. The van der Waals surface area contributed by atoms with Crippen LogP contribution in [0.25, 0.3) is 5.65 Å². The number of fused-ring (bicyclic) bond motifs is 1. The summed E-state index contributed by atoms with van der Waals surface area (Å²) in [4.78, 5) is 12.0. The minimum absolute atomic E-state index is 0.206. The quantitative estimate of drug-likeness (QED) is 0.690. The van der Waals surface area contributed by atoms with Crippen LogP contribution in [-0.4, -0.2) is 24.4 Å². The summed E-state index contributed by atoms with van der Waals surface area (Å²) in [5.74, 6) is 0. The molecule has 0 bridgehead atoms. The average molecular weight is 262 g/mol. The Bertz CT molecular complexity index is 746. The van der Waals surface area contributed by atoms with Crippen molar-refractivity contribution in [1.82, 2.24) is 24.4 Å². The number of hydrogen-bond donors (Lipinski definition) is 0. The fourth-order valence-corrected chi connectivity index (χ4v) is 1.75. The highest BCUT2D eigenvalue weighted by Crippen LogP contribution is 2.03. The Labute approximate surface area is 106 Å². The molecule has 0 saturated carbocycles. The van der Waals surface area contributed by atoms with E-state index in [1.165, 1.54) is 9.08 Å². The maximum atomic E-state index is 12.0. The monoisotopic (exact) mass is 261 g/mol. The first-order chi connectivity index (χ1) is 8.74. The van der Waals surface area contributed by atoms with Crippen LogP contribution in [0.4, 0.5) is 0 Å². The van der Waals surface area contributed by atoms with Gasteiger partial charge in [0.2, 0.25) is 0 Å². The summed E-state index contributed by atoms with van der Waals surface area (Å²) < 4.78 is 2.82. The predicted molar refractivity (Wildman–Crippen MR) is 65.6 cm³/mol. The highest BCUT2D eigenvalue weighted by atomic mass is 35.5. The lowest BCUT2D eigenvalue weighted by atomic mass is 10.4. The SMILES string of the molecule is O=c1n(Cc2ccc(Cl)nn2)nc2ccccn12. The summed E-state index contributed by atoms with van der Waals surface area (Å²) in [7, 11) is 0. The second kappa shape index (κ2) is 4.23. The molecule has 6 nitrogen and oxygen atoms in total. The molecule has 0 fully saturated rings. The van der Waals surface area contributed by atoms with Gasteiger partial charge >= 0.3 is 5.69 Å². The summed E-state index contributed by atoms with van der Waals surface area (Å²) in [5, 5.41) is 12.1. The molecular weight excluding hydrogens is 254 g/mol. The molecule has 0 aliphatic rings. The molecule has 0 aliphatic heterocycles. The zero-order chi connectivity index (χ0) is 12.5. The third-order valence-electron chi connectivity index (χ3n) is 2.49. The van der Waals surface area contributed by atoms with Gasteiger partial charge in [0.15, 0.2) is 10.8 Å². The lowest BCUT2D eigenvalue weighted by Gasteiger charge is -1.97. The van der Waals surface area contributed by atoms with Gasteiger partial charge in [-0.05, 0) is 24.3 Å². The van der Waals surface area contributed by atoms with Crippen LogP contribution >= 0.6 is 11.6 Å². The van der Waals surface area contributed by atoms with E-state index in [2.05, 4.69) is 15.3 Å². The second-order valence-electron chi connectivity index (χ2n) is 3.72. The summed E-state index contributed by atoms with van der Waals surface area (Å²) in [6.45, 7) is 0.269. The second-order valence-corrected chi connectivity index (χ2v) is 4.10. The van der Waals surface area contributed by atoms with Gasteiger partial charge in [0.25, 0.3) is 0 Å². The number of pyridine rings is 1. The van der Waals surface area contributed by atoms with Gasteiger partial charge in [0.1, 0.15) is 0 Å². The summed E-state index contributed by atoms with van der Waals surface area (Å²) in [6.07, 6.45) is 1.68. The maximum absolute atomic E-state index is 12.0. The normalized spacial score (nSPS) is 10.9. The topological polar surface area (TPSA) is 65.1 Å². The third kappa shape index (κ3) is 1.86. The lowest BCUT2D eigenvalue weighted by Crippen LogP contribution is -2.22. The molecule has 3 aromatic rings. The standard InChI is InChI=1S/C11H8ClN5O/c12-9-5-4-8(13-14-9)7-17-11(18)16-6-2-1-3-10(16)15-17/h1-6H,7H2. The molecule has 18 heavy (non-hydrogen) atoms. The van der Waals surface area contributed by atoms with Crippen LogP contribution in [0.15, 0.2) is 41.3 Å². The van der Waals surface area contributed by atoms with E-state index >= 15 is 0 Å². The van der Waals surface area contributed by atoms with Crippen molar-refractivity contribution in [2.45, 2.75) is 6.54 Å². The first-order valence-corrected chi connectivity index (χ1v) is 5.64. The van der Waals surface area contributed by atoms with E-state index in [-0.39, 0.29) is 12.2 Å². The van der Waals surface area contributed by atoms with Gasteiger partial charge in [0, 0.05) is 6.20 Å². The van der Waals surface area contributed by atoms with Crippen LogP contribution < -0.4 is 5.69 Å². The Morgan fingerprint density at radius 2 is 2.06 bits per heavy atom. The molecule has 7 heteroatoms. The molecule has 0 amide bonds. The zero-order valence-corrected chi connectivity index (χ0v) is 9.95. The van der Waals surface area contributed by atoms with E-state index in [1.807, 2.05) is 6.07 Å². The Morgan fingerprint density at radius 1 is 1.17 bits per heavy atom. The van der Waals surface area contributed by atoms with Gasteiger partial charge < -0.3 is 0 Å². The van der Waals surface area contributed by atoms with Crippen LogP contribution in [-0.2, 0) is 6.54 Å². The molecule has 0 atom stereocenters. The molecule has 0 N–H and O–H groups in total. The van der Waals surface area contributed by atoms with Crippen molar-refractivity contribution in [3.05, 3.63) is 57.9 Å². The molecule has 90 valence electrons. The Morgan fingerprint density at radius 3 is 2.78 bits per heavy atom. The van der Waals surface area contributed by atoms with E-state index in [9.17, 15) is 4.79 Å². The van der Waals surface area contributed by atoms with Crippen molar-refractivity contribution >= 4 is 17.2 Å². The van der Waals surface area contributed by atoms with Gasteiger partial charge in [-0.15, -0.1) is 10.2 Å². The highest BCUT2D eigenvalue weighted by molar-refractivity contribution is 6.29. The molecule has 0 unspecified atom stereocenters. The van der Waals surface area contributed by atoms with Crippen molar-refractivity contribution < 1.29 is 0 Å². The van der Waals surface area contributed by atoms with E-state index in [0.717, 1.165) is 0 Å². The summed E-state index contributed by atoms with van der Waals surface area (Å²) >= 11 is 5.65. The Balaban J connectivity index is 2.02. The maximum Gasteiger partial charge on any atom is 0.350 e. The van der Waals surface area contributed by atoms with Crippen LogP contribution in [0.1, 0.15) is 5.69 Å². The van der Waals surface area contributed by atoms with Crippen molar-refractivity contribution in [2.24, 2.45) is 0 Å². The van der Waals surface area contributed by atoms with E-state index in [4.69, 9.17) is 11.6 Å². The fraction of sp³-hybridized carbons (Fsp3) is 0.0909. The van der Waals surface area contributed by atoms with Crippen molar-refractivity contribution in [2.75, 3.05) is 0 Å². The van der Waals surface area contributed by atoms with E-state index in [1.54, 1.807) is 30.5 Å². The number of halogens is 1. The fourth-order valence-electron chi connectivity index (χ4n) is 1.65. The molecule has 0 radical (unpaired) electrons. The number of nitrogens with zero attached hydrogens (tertiary/aromatic N) is 5. The predicted octanol–water partition coefficient (Wildman–Crippen LogP) is 0.988. The molecule has 3 heterocycles. The van der Waals surface area contributed by atoms with E-state index in [0.29, 0.717) is 16.5 Å². The molecule has 0 aliphatic carbocycles. The molecule has 3 rings (SSSR count). The lowest BCUT2D eigenvalue weighted by molar-refractivity contribution is 0.638. The Kier molecular flexibility index (Phi) is 2.56. The minimum atomic E-state index is -0.206. The minimum Gasteiger partial charge on any atom is -0.250 e. The molecular formula is C11H8ClN5O. The van der Waals surface area contributed by atoms with E-state index < -0.39 is 0 Å². The first-order valence-electron chi connectivity index (χ1n) is 5.26. The van der Waals surface area contributed by atoms with Crippen LogP contribution in [0.5, 0.6) is 0 Å². The smallest absolute Gasteiger partial charge is 0.250 e.